The van der Waals surface area contributed by atoms with Gasteiger partial charge in [0, 0.05) is 24.3 Å². The van der Waals surface area contributed by atoms with E-state index in [9.17, 15) is 0 Å². The molecule has 0 aliphatic carbocycles. The lowest BCUT2D eigenvalue weighted by atomic mass is 9.93. The molecular formula is C14H27N3. The molecule has 3 heteroatoms. The Morgan fingerprint density at radius 3 is 2.53 bits per heavy atom. The maximum atomic E-state index is 4.74. The highest BCUT2D eigenvalue weighted by Crippen LogP contribution is 2.20. The topological polar surface area (TPSA) is 36.4 Å². The van der Waals surface area contributed by atoms with Crippen molar-refractivity contribution in [2.75, 3.05) is 0 Å². The van der Waals surface area contributed by atoms with E-state index < -0.39 is 0 Å². The Bertz CT molecular complexity index is 254. The fraction of sp³-hybridized carbons (Fsp3) is 0.929. The van der Waals surface area contributed by atoms with Gasteiger partial charge in [0.25, 0.3) is 0 Å². The summed E-state index contributed by atoms with van der Waals surface area (Å²) in [6.45, 7) is 6.86. The van der Waals surface area contributed by atoms with Crippen LogP contribution in [-0.2, 0) is 0 Å². The number of piperidine rings is 2. The van der Waals surface area contributed by atoms with Crippen LogP contribution in [0.4, 0.5) is 0 Å². The van der Waals surface area contributed by atoms with Crippen molar-refractivity contribution in [3.05, 3.63) is 0 Å². The first kappa shape index (κ1) is 13.0. The third kappa shape index (κ3) is 4.07. The van der Waals surface area contributed by atoms with Crippen LogP contribution in [-0.4, -0.2) is 30.5 Å². The summed E-state index contributed by atoms with van der Waals surface area (Å²) in [5.74, 6) is 0.798. The molecule has 0 aromatic rings. The van der Waals surface area contributed by atoms with Gasteiger partial charge in [-0.3, -0.25) is 10.3 Å². The first-order valence-corrected chi connectivity index (χ1v) is 7.19. The van der Waals surface area contributed by atoms with Crippen LogP contribution in [0.25, 0.3) is 0 Å². The molecule has 2 rings (SSSR count). The van der Waals surface area contributed by atoms with Crippen molar-refractivity contribution in [2.24, 2.45) is 10.9 Å². The number of hydrogen-bond donors (Lipinski definition) is 2. The average Bonchev–Trinajstić information content (AvgIpc) is 2.25. The van der Waals surface area contributed by atoms with Gasteiger partial charge in [-0.25, -0.2) is 0 Å². The second-order valence-corrected chi connectivity index (χ2v) is 6.06. The molecule has 0 radical (unpaired) electrons. The molecule has 0 bridgehead atoms. The summed E-state index contributed by atoms with van der Waals surface area (Å²) >= 11 is 0. The lowest BCUT2D eigenvalue weighted by molar-refractivity contribution is 0.272. The smallest absolute Gasteiger partial charge is 0.0995 e. The van der Waals surface area contributed by atoms with Gasteiger partial charge in [0.1, 0.15) is 0 Å². The minimum atomic E-state index is 0.341. The molecule has 2 saturated heterocycles. The quantitative estimate of drug-likeness (QED) is 0.723. The minimum absolute atomic E-state index is 0.341. The highest BCUT2D eigenvalue weighted by molar-refractivity contribution is 5.64. The summed E-state index contributed by atoms with van der Waals surface area (Å²) < 4.78 is 0. The van der Waals surface area contributed by atoms with Gasteiger partial charge < -0.3 is 5.32 Å². The van der Waals surface area contributed by atoms with Crippen LogP contribution in [0, 0.1) is 5.92 Å². The van der Waals surface area contributed by atoms with Gasteiger partial charge in [-0.15, -0.1) is 0 Å². The Kier molecular flexibility index (Phi) is 4.57. The van der Waals surface area contributed by atoms with E-state index in [4.69, 9.17) is 4.99 Å². The lowest BCUT2D eigenvalue weighted by Crippen LogP contribution is -2.44. The first-order valence-electron chi connectivity index (χ1n) is 7.19. The predicted molar refractivity (Wildman–Crippen MR) is 73.5 cm³/mol. The van der Waals surface area contributed by atoms with Gasteiger partial charge in [0.2, 0.25) is 0 Å². The Labute approximate surface area is 105 Å². The van der Waals surface area contributed by atoms with Gasteiger partial charge in [-0.2, -0.15) is 0 Å². The van der Waals surface area contributed by atoms with Crippen molar-refractivity contribution >= 4 is 6.21 Å². The third-order valence-electron chi connectivity index (χ3n) is 3.96. The first-order chi connectivity index (χ1) is 8.13. The number of rotatable bonds is 2. The van der Waals surface area contributed by atoms with E-state index in [-0.39, 0.29) is 0 Å². The highest BCUT2D eigenvalue weighted by atomic mass is 15.1. The highest BCUT2D eigenvalue weighted by Gasteiger charge is 2.22. The Morgan fingerprint density at radius 2 is 1.82 bits per heavy atom. The predicted octanol–water partition coefficient (Wildman–Crippen LogP) is 2.32. The second kappa shape index (κ2) is 5.96. The molecule has 2 aliphatic rings. The summed E-state index contributed by atoms with van der Waals surface area (Å²) in [4.78, 5) is 4.74. The lowest BCUT2D eigenvalue weighted by Gasteiger charge is -2.31. The molecule has 2 fully saturated rings. The monoisotopic (exact) mass is 237 g/mol. The Hall–Kier alpha value is -0.410. The van der Waals surface area contributed by atoms with E-state index in [1.807, 2.05) is 0 Å². The summed E-state index contributed by atoms with van der Waals surface area (Å²) in [7, 11) is 0. The zero-order chi connectivity index (χ0) is 12.3. The van der Waals surface area contributed by atoms with Crippen LogP contribution < -0.4 is 10.6 Å². The second-order valence-electron chi connectivity index (χ2n) is 6.06. The van der Waals surface area contributed by atoms with Crippen molar-refractivity contribution in [3.8, 4) is 0 Å². The molecule has 2 heterocycles. The van der Waals surface area contributed by atoms with Crippen LogP contribution in [0.2, 0.25) is 0 Å². The van der Waals surface area contributed by atoms with Crippen LogP contribution >= 0.6 is 0 Å². The van der Waals surface area contributed by atoms with Gasteiger partial charge in [-0.05, 0) is 51.9 Å². The SMILES string of the molecule is CC1CC(C)NC(/N=C\C2CCCC(C)N2)C1. The maximum absolute atomic E-state index is 4.74. The fourth-order valence-corrected chi connectivity index (χ4v) is 3.15. The van der Waals surface area contributed by atoms with Crippen LogP contribution in [0.1, 0.15) is 52.9 Å². The van der Waals surface area contributed by atoms with E-state index in [0.717, 1.165) is 5.92 Å². The molecule has 0 saturated carbocycles. The number of hydrogen-bond acceptors (Lipinski definition) is 3. The minimum Gasteiger partial charge on any atom is -0.307 e. The van der Waals surface area contributed by atoms with Crippen molar-refractivity contribution in [2.45, 2.75) is 77.2 Å². The summed E-state index contributed by atoms with van der Waals surface area (Å²) in [5, 5.41) is 7.17. The van der Waals surface area contributed by atoms with Crippen molar-refractivity contribution < 1.29 is 0 Å². The van der Waals surface area contributed by atoms with Crippen LogP contribution in [0.5, 0.6) is 0 Å². The van der Waals surface area contributed by atoms with Crippen LogP contribution in [0.15, 0.2) is 4.99 Å². The molecule has 0 aromatic carbocycles. The molecule has 5 atom stereocenters. The standard InChI is InChI=1S/C14H27N3/c1-10-7-12(3)17-14(8-10)15-9-13-6-4-5-11(2)16-13/h9-14,16-17H,4-8H2,1-3H3/b15-9-. The zero-order valence-electron chi connectivity index (χ0n) is 11.4. The fourth-order valence-electron chi connectivity index (χ4n) is 3.15. The average molecular weight is 237 g/mol. The molecule has 3 nitrogen and oxygen atoms in total. The van der Waals surface area contributed by atoms with Gasteiger partial charge >= 0.3 is 0 Å². The van der Waals surface area contributed by atoms with E-state index in [1.54, 1.807) is 0 Å². The summed E-state index contributed by atoms with van der Waals surface area (Å²) in [6, 6.07) is 1.75. The molecule has 0 spiro atoms. The van der Waals surface area contributed by atoms with Crippen molar-refractivity contribution in [1.29, 1.82) is 0 Å². The van der Waals surface area contributed by atoms with E-state index in [0.29, 0.717) is 24.3 Å². The number of nitrogens with one attached hydrogen (secondary N) is 2. The molecule has 2 N–H and O–H groups in total. The summed E-state index contributed by atoms with van der Waals surface area (Å²) in [5.41, 5.74) is 0. The van der Waals surface area contributed by atoms with Gasteiger partial charge in [-0.1, -0.05) is 6.92 Å². The Morgan fingerprint density at radius 1 is 1.00 bits per heavy atom. The van der Waals surface area contributed by atoms with Crippen molar-refractivity contribution in [1.82, 2.24) is 10.6 Å². The van der Waals surface area contributed by atoms with Crippen molar-refractivity contribution in [3.63, 3.8) is 0 Å². The molecule has 2 aliphatic heterocycles. The van der Waals surface area contributed by atoms with Gasteiger partial charge in [0.15, 0.2) is 0 Å². The van der Waals surface area contributed by atoms with Crippen LogP contribution in [0.3, 0.4) is 0 Å². The van der Waals surface area contributed by atoms with E-state index in [1.165, 1.54) is 32.1 Å². The molecular weight excluding hydrogens is 210 g/mol. The maximum Gasteiger partial charge on any atom is 0.0995 e. The third-order valence-corrected chi connectivity index (χ3v) is 3.96. The van der Waals surface area contributed by atoms with Gasteiger partial charge in [0.05, 0.1) is 6.17 Å². The normalized spacial score (nSPS) is 44.1. The molecule has 0 amide bonds. The molecule has 98 valence electrons. The van der Waals surface area contributed by atoms with E-state index >= 15 is 0 Å². The van der Waals surface area contributed by atoms with E-state index in [2.05, 4.69) is 37.6 Å². The Balaban J connectivity index is 1.82. The molecule has 0 aromatic heterocycles. The largest absolute Gasteiger partial charge is 0.307 e. The molecule has 17 heavy (non-hydrogen) atoms. The number of aliphatic imine (C=N–C) groups is 1. The summed E-state index contributed by atoms with van der Waals surface area (Å²) in [6.07, 6.45) is 8.83. The molecule has 5 unspecified atom stereocenters. The number of nitrogens with zero attached hydrogens (tertiary/aromatic N) is 1. The zero-order valence-corrected chi connectivity index (χ0v) is 11.4.